The highest BCUT2D eigenvalue weighted by Crippen LogP contribution is 2.18. The van der Waals surface area contributed by atoms with Gasteiger partial charge in [0.1, 0.15) is 0 Å². The molecule has 0 aromatic heterocycles. The van der Waals surface area contributed by atoms with Gasteiger partial charge in [-0.25, -0.2) is 0 Å². The molecule has 100 valence electrons. The molecule has 0 aliphatic heterocycles. The van der Waals surface area contributed by atoms with Gasteiger partial charge in [0.15, 0.2) is 0 Å². The van der Waals surface area contributed by atoms with Crippen LogP contribution in [0.3, 0.4) is 0 Å². The molecule has 0 fully saturated rings. The van der Waals surface area contributed by atoms with E-state index in [-0.39, 0.29) is 5.91 Å². The normalized spacial score (nSPS) is 10.7. The monoisotopic (exact) mass is 265 g/mol. The molecule has 0 unspecified atom stereocenters. The lowest BCUT2D eigenvalue weighted by Crippen LogP contribution is -2.25. The second-order valence-corrected chi connectivity index (χ2v) is 5.36. The van der Waals surface area contributed by atoms with Crippen molar-refractivity contribution in [2.24, 2.45) is 0 Å². The zero-order valence-corrected chi connectivity index (χ0v) is 12.4. The van der Waals surface area contributed by atoms with Crippen LogP contribution in [0, 0.1) is 6.92 Å². The average Bonchev–Trinajstić information content (AvgIpc) is 2.31. The first-order valence-corrected chi connectivity index (χ1v) is 7.14. The van der Waals surface area contributed by atoms with Crippen molar-refractivity contribution < 1.29 is 4.79 Å². The first kappa shape index (κ1) is 15.1. The van der Waals surface area contributed by atoms with E-state index in [0.29, 0.717) is 24.6 Å². The molecule has 0 saturated heterocycles. The van der Waals surface area contributed by atoms with Crippen LogP contribution in [0.4, 0.5) is 0 Å². The zero-order valence-electron chi connectivity index (χ0n) is 11.5. The molecule has 0 heterocycles. The van der Waals surface area contributed by atoms with Gasteiger partial charge in [-0.3, -0.25) is 4.79 Å². The van der Waals surface area contributed by atoms with Crippen molar-refractivity contribution in [1.29, 1.82) is 0 Å². The Morgan fingerprint density at radius 1 is 1.39 bits per heavy atom. The molecule has 2 nitrogen and oxygen atoms in total. The first-order valence-electron chi connectivity index (χ1n) is 6.51. The number of carbonyl (C=O) groups is 1. The van der Waals surface area contributed by atoms with Gasteiger partial charge < -0.3 is 5.32 Å². The summed E-state index contributed by atoms with van der Waals surface area (Å²) in [5.74, 6) is 1.24. The Bertz CT molecular complexity index is 401. The Labute approximate surface area is 116 Å². The fraction of sp³-hybridized carbons (Fsp3) is 0.533. The standard InChI is InChI=1S/C15H23NOS/c1-11(2)13-5-4-12(3)14(10-13)6-8-16-15(17)7-9-18/h4-5,10-11,18H,6-9H2,1-3H3,(H,16,17). The van der Waals surface area contributed by atoms with Crippen LogP contribution in [0.15, 0.2) is 18.2 Å². The van der Waals surface area contributed by atoms with Crippen molar-refractivity contribution in [2.75, 3.05) is 12.3 Å². The van der Waals surface area contributed by atoms with Gasteiger partial charge in [0.2, 0.25) is 5.91 Å². The Kier molecular flexibility index (Phi) is 6.27. The number of hydrogen-bond donors (Lipinski definition) is 2. The molecule has 0 aliphatic rings. The molecule has 1 N–H and O–H groups in total. The van der Waals surface area contributed by atoms with Crippen LogP contribution in [0.25, 0.3) is 0 Å². The van der Waals surface area contributed by atoms with Gasteiger partial charge in [-0.1, -0.05) is 32.0 Å². The van der Waals surface area contributed by atoms with E-state index in [9.17, 15) is 4.79 Å². The van der Waals surface area contributed by atoms with Crippen molar-refractivity contribution in [2.45, 2.75) is 39.5 Å². The molecule has 1 aromatic carbocycles. The Balaban J connectivity index is 2.56. The number of nitrogens with one attached hydrogen (secondary N) is 1. The largest absolute Gasteiger partial charge is 0.356 e. The van der Waals surface area contributed by atoms with E-state index in [1.807, 2.05) is 0 Å². The van der Waals surface area contributed by atoms with E-state index in [0.717, 1.165) is 6.42 Å². The highest BCUT2D eigenvalue weighted by molar-refractivity contribution is 7.80. The van der Waals surface area contributed by atoms with Gasteiger partial charge in [-0.2, -0.15) is 12.6 Å². The summed E-state index contributed by atoms with van der Waals surface area (Å²) in [6.07, 6.45) is 1.39. The molecule has 0 atom stereocenters. The SMILES string of the molecule is Cc1ccc(C(C)C)cc1CCNC(=O)CCS. The minimum atomic E-state index is 0.0858. The minimum absolute atomic E-state index is 0.0858. The number of rotatable bonds is 6. The lowest BCUT2D eigenvalue weighted by Gasteiger charge is -2.11. The van der Waals surface area contributed by atoms with Gasteiger partial charge in [-0.15, -0.1) is 0 Å². The molecule has 18 heavy (non-hydrogen) atoms. The summed E-state index contributed by atoms with van der Waals surface area (Å²) in [5.41, 5.74) is 3.98. The summed E-state index contributed by atoms with van der Waals surface area (Å²) in [6, 6.07) is 6.61. The number of aryl methyl sites for hydroxylation is 1. The van der Waals surface area contributed by atoms with E-state index >= 15 is 0 Å². The highest BCUT2D eigenvalue weighted by atomic mass is 32.1. The molecule has 0 spiro atoms. The summed E-state index contributed by atoms with van der Waals surface area (Å²) >= 11 is 4.04. The van der Waals surface area contributed by atoms with Crippen LogP contribution in [0.2, 0.25) is 0 Å². The molecule has 0 saturated carbocycles. The summed E-state index contributed by atoms with van der Waals surface area (Å²) in [4.78, 5) is 11.3. The van der Waals surface area contributed by atoms with Crippen molar-refractivity contribution >= 4 is 18.5 Å². The van der Waals surface area contributed by atoms with Crippen LogP contribution >= 0.6 is 12.6 Å². The maximum Gasteiger partial charge on any atom is 0.220 e. The van der Waals surface area contributed by atoms with Crippen molar-refractivity contribution in [3.63, 3.8) is 0 Å². The molecule has 0 aliphatic carbocycles. The highest BCUT2D eigenvalue weighted by Gasteiger charge is 2.04. The number of benzene rings is 1. The number of carbonyl (C=O) groups excluding carboxylic acids is 1. The van der Waals surface area contributed by atoms with Crippen molar-refractivity contribution in [3.05, 3.63) is 34.9 Å². The third kappa shape index (κ3) is 4.73. The molecule has 1 amide bonds. The summed E-state index contributed by atoms with van der Waals surface area (Å²) in [6.45, 7) is 7.22. The van der Waals surface area contributed by atoms with Crippen LogP contribution in [-0.4, -0.2) is 18.2 Å². The fourth-order valence-corrected chi connectivity index (χ4v) is 2.05. The maximum atomic E-state index is 11.3. The van der Waals surface area contributed by atoms with Gasteiger partial charge in [0.05, 0.1) is 0 Å². The lowest BCUT2D eigenvalue weighted by atomic mass is 9.96. The second-order valence-electron chi connectivity index (χ2n) is 4.91. The fourth-order valence-electron chi connectivity index (χ4n) is 1.85. The second kappa shape index (κ2) is 7.47. The molecule has 0 radical (unpaired) electrons. The van der Waals surface area contributed by atoms with E-state index in [2.05, 4.69) is 56.9 Å². The van der Waals surface area contributed by atoms with Gasteiger partial charge >= 0.3 is 0 Å². The predicted octanol–water partition coefficient (Wildman–Crippen LogP) is 3.10. The summed E-state index contributed by atoms with van der Waals surface area (Å²) < 4.78 is 0. The van der Waals surface area contributed by atoms with E-state index in [4.69, 9.17) is 0 Å². The number of amides is 1. The molecular weight excluding hydrogens is 242 g/mol. The van der Waals surface area contributed by atoms with Crippen LogP contribution in [0.5, 0.6) is 0 Å². The van der Waals surface area contributed by atoms with Gasteiger partial charge in [0.25, 0.3) is 0 Å². The molecular formula is C15H23NOS. The maximum absolute atomic E-state index is 11.3. The average molecular weight is 265 g/mol. The van der Waals surface area contributed by atoms with Crippen LogP contribution in [0.1, 0.15) is 42.9 Å². The smallest absolute Gasteiger partial charge is 0.220 e. The minimum Gasteiger partial charge on any atom is -0.356 e. The summed E-state index contributed by atoms with van der Waals surface area (Å²) in [5, 5.41) is 2.92. The zero-order chi connectivity index (χ0) is 13.5. The lowest BCUT2D eigenvalue weighted by molar-refractivity contribution is -0.120. The molecule has 0 bridgehead atoms. The molecule has 1 aromatic rings. The molecule has 3 heteroatoms. The van der Waals surface area contributed by atoms with E-state index in [1.165, 1.54) is 16.7 Å². The summed E-state index contributed by atoms with van der Waals surface area (Å²) in [7, 11) is 0. The number of hydrogen-bond acceptors (Lipinski definition) is 2. The van der Waals surface area contributed by atoms with E-state index < -0.39 is 0 Å². The third-order valence-corrected chi connectivity index (χ3v) is 3.32. The number of thiol groups is 1. The Hall–Kier alpha value is -0.960. The van der Waals surface area contributed by atoms with E-state index in [1.54, 1.807) is 0 Å². The first-order chi connectivity index (χ1) is 8.54. The van der Waals surface area contributed by atoms with Crippen molar-refractivity contribution in [3.8, 4) is 0 Å². The Morgan fingerprint density at radius 3 is 2.72 bits per heavy atom. The Morgan fingerprint density at radius 2 is 2.11 bits per heavy atom. The molecule has 1 rings (SSSR count). The quantitative estimate of drug-likeness (QED) is 0.760. The predicted molar refractivity (Wildman–Crippen MR) is 80.5 cm³/mol. The van der Waals surface area contributed by atoms with Crippen LogP contribution in [-0.2, 0) is 11.2 Å². The van der Waals surface area contributed by atoms with Gasteiger partial charge in [-0.05, 0) is 41.7 Å². The topological polar surface area (TPSA) is 29.1 Å². The third-order valence-electron chi connectivity index (χ3n) is 3.10. The van der Waals surface area contributed by atoms with Crippen LogP contribution < -0.4 is 5.32 Å². The van der Waals surface area contributed by atoms with Crippen molar-refractivity contribution in [1.82, 2.24) is 5.32 Å². The van der Waals surface area contributed by atoms with Gasteiger partial charge in [0, 0.05) is 13.0 Å².